The molecule has 0 fully saturated rings. The van der Waals surface area contributed by atoms with Crippen LogP contribution in [0.25, 0.3) is 11.3 Å². The van der Waals surface area contributed by atoms with Crippen LogP contribution in [0.4, 0.5) is 5.69 Å². The number of nitro benzene ring substituents is 1. The van der Waals surface area contributed by atoms with Gasteiger partial charge in [-0.05, 0) is 24.3 Å². The third kappa shape index (κ3) is 4.01. The number of rotatable bonds is 5. The summed E-state index contributed by atoms with van der Waals surface area (Å²) >= 11 is 5.89. The molecule has 2 aromatic heterocycles. The predicted molar refractivity (Wildman–Crippen MR) is 113 cm³/mol. The molecule has 156 valence electrons. The Hall–Kier alpha value is -2.97. The topological polar surface area (TPSA) is 105 Å². The zero-order valence-corrected chi connectivity index (χ0v) is 17.4. The van der Waals surface area contributed by atoms with Crippen molar-refractivity contribution in [1.29, 1.82) is 0 Å². The van der Waals surface area contributed by atoms with E-state index in [4.69, 9.17) is 16.0 Å². The number of nitrogens with zero attached hydrogens (tertiary/aromatic N) is 3. The Labute approximate surface area is 177 Å². The van der Waals surface area contributed by atoms with Crippen molar-refractivity contribution in [2.45, 2.75) is 39.3 Å². The highest BCUT2D eigenvalue weighted by atomic mass is 35.5. The maximum Gasteiger partial charge on any atom is 0.281 e. The highest BCUT2D eigenvalue weighted by Crippen LogP contribution is 2.33. The third-order valence-electron chi connectivity index (χ3n) is 5.18. The van der Waals surface area contributed by atoms with Gasteiger partial charge in [0.2, 0.25) is 0 Å². The van der Waals surface area contributed by atoms with Crippen LogP contribution in [0.2, 0.25) is 5.02 Å². The van der Waals surface area contributed by atoms with Crippen molar-refractivity contribution < 1.29 is 9.34 Å². The molecule has 0 atom stereocenters. The lowest BCUT2D eigenvalue weighted by atomic mass is 10.1. The fraction of sp³-hybridized carbons (Fsp3) is 0.333. The highest BCUT2D eigenvalue weighted by molar-refractivity contribution is 6.30. The third-order valence-corrected chi connectivity index (χ3v) is 5.41. The molecule has 8 nitrogen and oxygen atoms in total. The van der Waals surface area contributed by atoms with Gasteiger partial charge in [0.05, 0.1) is 28.3 Å². The van der Waals surface area contributed by atoms with Crippen LogP contribution in [0.1, 0.15) is 42.6 Å². The van der Waals surface area contributed by atoms with Crippen molar-refractivity contribution in [3.63, 3.8) is 0 Å². The van der Waals surface area contributed by atoms with Crippen LogP contribution < -0.4 is 5.56 Å². The van der Waals surface area contributed by atoms with Crippen molar-refractivity contribution in [1.82, 2.24) is 14.9 Å². The van der Waals surface area contributed by atoms with Gasteiger partial charge in [0.1, 0.15) is 17.3 Å². The molecule has 0 spiro atoms. The van der Waals surface area contributed by atoms with E-state index in [1.165, 1.54) is 6.07 Å². The Bertz CT molecular complexity index is 1170. The summed E-state index contributed by atoms with van der Waals surface area (Å²) in [4.78, 5) is 32.9. The maximum absolute atomic E-state index is 12.5. The SMILES string of the molecule is CC(C)c1nc2c(c(=O)[nH]1)CN(Cc1ccc(-c3ccc(Cl)cc3[N+](=O)[O-])o1)CC2. The quantitative estimate of drug-likeness (QED) is 0.480. The van der Waals surface area contributed by atoms with E-state index < -0.39 is 4.92 Å². The number of aromatic nitrogens is 2. The van der Waals surface area contributed by atoms with E-state index in [2.05, 4.69) is 14.9 Å². The van der Waals surface area contributed by atoms with E-state index in [1.54, 1.807) is 24.3 Å². The summed E-state index contributed by atoms with van der Waals surface area (Å²) in [6.07, 6.45) is 0.690. The number of nitrogens with one attached hydrogen (secondary N) is 1. The number of furan rings is 1. The molecular formula is C21H21ClN4O4. The van der Waals surface area contributed by atoms with Gasteiger partial charge in [-0.2, -0.15) is 0 Å². The first-order valence-electron chi connectivity index (χ1n) is 9.69. The van der Waals surface area contributed by atoms with Crippen molar-refractivity contribution in [3.05, 3.63) is 78.7 Å². The second kappa shape index (κ2) is 8.04. The van der Waals surface area contributed by atoms with Crippen LogP contribution in [0, 0.1) is 10.1 Å². The van der Waals surface area contributed by atoms with Gasteiger partial charge in [-0.25, -0.2) is 4.98 Å². The molecule has 4 rings (SSSR count). The number of H-pyrrole nitrogens is 1. The smallest absolute Gasteiger partial charge is 0.281 e. The zero-order valence-electron chi connectivity index (χ0n) is 16.6. The fourth-order valence-corrected chi connectivity index (χ4v) is 3.77. The molecule has 0 radical (unpaired) electrons. The largest absolute Gasteiger partial charge is 0.459 e. The van der Waals surface area contributed by atoms with E-state index in [0.717, 1.165) is 12.2 Å². The van der Waals surface area contributed by atoms with Gasteiger partial charge in [-0.1, -0.05) is 25.4 Å². The normalized spacial score (nSPS) is 14.1. The number of benzene rings is 1. The number of aromatic amines is 1. The molecule has 30 heavy (non-hydrogen) atoms. The van der Waals surface area contributed by atoms with Gasteiger partial charge >= 0.3 is 0 Å². The highest BCUT2D eigenvalue weighted by Gasteiger charge is 2.23. The first-order valence-corrected chi connectivity index (χ1v) is 10.1. The molecule has 1 aliphatic rings. The maximum atomic E-state index is 12.5. The molecule has 0 saturated carbocycles. The van der Waals surface area contributed by atoms with Gasteiger partial charge in [-0.15, -0.1) is 0 Å². The lowest BCUT2D eigenvalue weighted by molar-refractivity contribution is -0.384. The average Bonchev–Trinajstić information content (AvgIpc) is 3.16. The van der Waals surface area contributed by atoms with Crippen molar-refractivity contribution in [2.75, 3.05) is 6.54 Å². The standard InChI is InChI=1S/C21H21ClN4O4/c1-12(2)20-23-17-7-8-25(11-16(17)21(27)24-20)10-14-4-6-19(30-14)15-5-3-13(22)9-18(15)26(28)29/h3-6,9,12H,7-8,10-11H2,1-2H3,(H,23,24,27). The van der Waals surface area contributed by atoms with Crippen LogP contribution >= 0.6 is 11.6 Å². The minimum Gasteiger partial charge on any atom is -0.459 e. The molecule has 0 bridgehead atoms. The molecular weight excluding hydrogens is 408 g/mol. The van der Waals surface area contributed by atoms with Crippen LogP contribution in [-0.2, 0) is 19.5 Å². The number of fused-ring (bicyclic) bond motifs is 1. The fourth-order valence-electron chi connectivity index (χ4n) is 3.60. The number of halogens is 1. The second-order valence-corrected chi connectivity index (χ2v) is 8.11. The van der Waals surface area contributed by atoms with Crippen molar-refractivity contribution in [3.8, 4) is 11.3 Å². The summed E-state index contributed by atoms with van der Waals surface area (Å²) < 4.78 is 5.88. The summed E-state index contributed by atoms with van der Waals surface area (Å²) in [5, 5.41) is 11.6. The van der Waals surface area contributed by atoms with Crippen molar-refractivity contribution in [2.24, 2.45) is 0 Å². The van der Waals surface area contributed by atoms with Crippen LogP contribution in [0.15, 0.2) is 39.5 Å². The monoisotopic (exact) mass is 428 g/mol. The van der Waals surface area contributed by atoms with E-state index in [-0.39, 0.29) is 17.2 Å². The van der Waals surface area contributed by atoms with E-state index in [9.17, 15) is 14.9 Å². The molecule has 0 amide bonds. The molecule has 1 aliphatic heterocycles. The van der Waals surface area contributed by atoms with Crippen LogP contribution in [-0.4, -0.2) is 26.3 Å². The molecule has 1 N–H and O–H groups in total. The minimum absolute atomic E-state index is 0.0923. The summed E-state index contributed by atoms with van der Waals surface area (Å²) in [7, 11) is 0. The second-order valence-electron chi connectivity index (χ2n) is 7.68. The molecule has 0 saturated heterocycles. The van der Waals surface area contributed by atoms with Crippen LogP contribution in [0.5, 0.6) is 0 Å². The average molecular weight is 429 g/mol. The Morgan fingerprint density at radius 1 is 1.33 bits per heavy atom. The first kappa shape index (κ1) is 20.3. The number of hydrogen-bond donors (Lipinski definition) is 1. The van der Waals surface area contributed by atoms with Gasteiger partial charge in [-0.3, -0.25) is 19.8 Å². The van der Waals surface area contributed by atoms with E-state index >= 15 is 0 Å². The predicted octanol–water partition coefficient (Wildman–Crippen LogP) is 4.27. The number of nitro groups is 1. The summed E-state index contributed by atoms with van der Waals surface area (Å²) in [6.45, 7) is 5.72. The van der Waals surface area contributed by atoms with Gasteiger partial charge < -0.3 is 9.40 Å². The molecule has 0 aliphatic carbocycles. The zero-order chi connectivity index (χ0) is 21.4. The molecule has 9 heteroatoms. The Balaban J connectivity index is 1.54. The Morgan fingerprint density at radius 2 is 2.13 bits per heavy atom. The van der Waals surface area contributed by atoms with E-state index in [0.29, 0.717) is 53.0 Å². The molecule has 0 unspecified atom stereocenters. The minimum atomic E-state index is -0.477. The van der Waals surface area contributed by atoms with Gasteiger partial charge in [0.25, 0.3) is 11.2 Å². The molecule has 3 aromatic rings. The molecule has 3 heterocycles. The van der Waals surface area contributed by atoms with Crippen LogP contribution in [0.3, 0.4) is 0 Å². The summed E-state index contributed by atoms with van der Waals surface area (Å²) in [5.74, 6) is 1.96. The Morgan fingerprint density at radius 3 is 2.87 bits per heavy atom. The lowest BCUT2D eigenvalue weighted by Crippen LogP contribution is -2.35. The van der Waals surface area contributed by atoms with E-state index in [1.807, 2.05) is 13.8 Å². The van der Waals surface area contributed by atoms with Gasteiger partial charge in [0.15, 0.2) is 0 Å². The summed E-state index contributed by atoms with van der Waals surface area (Å²) in [6, 6.07) is 8.00. The summed E-state index contributed by atoms with van der Waals surface area (Å²) in [5.41, 5.74) is 1.72. The first-order chi connectivity index (χ1) is 14.3. The molecule has 1 aromatic carbocycles. The van der Waals surface area contributed by atoms with Crippen molar-refractivity contribution >= 4 is 17.3 Å². The number of hydrogen-bond acceptors (Lipinski definition) is 6. The Kier molecular flexibility index (Phi) is 5.44. The van der Waals surface area contributed by atoms with Gasteiger partial charge in [0, 0.05) is 36.5 Å². The lowest BCUT2D eigenvalue weighted by Gasteiger charge is -2.27.